The smallest absolute Gasteiger partial charge is 0.0471 e. The Morgan fingerprint density at radius 1 is 1.14 bits per heavy atom. The van der Waals surface area contributed by atoms with E-state index in [0.717, 1.165) is 19.0 Å². The minimum atomic E-state index is 0. The highest BCUT2D eigenvalue weighted by Crippen LogP contribution is 2.41. The summed E-state index contributed by atoms with van der Waals surface area (Å²) in [6.07, 6.45) is 7.15. The molecule has 0 aromatic carbocycles. The molecule has 2 aliphatic rings. The molecule has 1 atom stereocenters. The topological polar surface area (TPSA) is 15.3 Å². The zero-order valence-electron chi connectivity index (χ0n) is 12.2. The van der Waals surface area contributed by atoms with Crippen LogP contribution in [0, 0.1) is 5.92 Å². The lowest BCUT2D eigenvalue weighted by Gasteiger charge is -2.40. The highest BCUT2D eigenvalue weighted by Gasteiger charge is 2.31. The summed E-state index contributed by atoms with van der Waals surface area (Å²) in [5, 5.41) is 5.73. The van der Waals surface area contributed by atoms with E-state index in [0.29, 0.717) is 6.04 Å². The van der Waals surface area contributed by atoms with Crippen LogP contribution in [-0.4, -0.2) is 31.1 Å². The molecule has 6 heteroatoms. The Morgan fingerprint density at radius 2 is 1.81 bits per heavy atom. The number of piperazine rings is 1. The third kappa shape index (κ3) is 5.08. The van der Waals surface area contributed by atoms with E-state index >= 15 is 0 Å². The van der Waals surface area contributed by atoms with Crippen molar-refractivity contribution >= 4 is 52.1 Å². The fourth-order valence-corrected chi connectivity index (χ4v) is 5.28. The van der Waals surface area contributed by atoms with Gasteiger partial charge >= 0.3 is 0 Å². The fraction of sp³-hybridized carbons (Fsp3) is 0.733. The van der Waals surface area contributed by atoms with Gasteiger partial charge < -0.3 is 5.32 Å². The molecule has 1 saturated heterocycles. The Hall–Kier alpha value is 0.680. The third-order valence-electron chi connectivity index (χ3n) is 4.52. The van der Waals surface area contributed by atoms with Crippen LogP contribution >= 0.6 is 52.1 Å². The fourth-order valence-electron chi connectivity index (χ4n) is 3.60. The van der Waals surface area contributed by atoms with Crippen LogP contribution in [0.5, 0.6) is 0 Å². The zero-order chi connectivity index (χ0) is 13.1. The average Bonchev–Trinajstić information content (AvgIpc) is 2.88. The second-order valence-electron chi connectivity index (χ2n) is 5.80. The Kier molecular flexibility index (Phi) is 9.15. The number of nitrogens with zero attached hydrogens (tertiary/aromatic N) is 1. The van der Waals surface area contributed by atoms with Gasteiger partial charge in [-0.1, -0.05) is 19.3 Å². The van der Waals surface area contributed by atoms with E-state index in [1.165, 1.54) is 49.7 Å². The molecule has 0 unspecified atom stereocenters. The first-order valence-electron chi connectivity index (χ1n) is 7.53. The highest BCUT2D eigenvalue weighted by molar-refractivity contribution is 9.10. The highest BCUT2D eigenvalue weighted by atomic mass is 79.9. The molecule has 0 bridgehead atoms. The Morgan fingerprint density at radius 3 is 2.38 bits per heavy atom. The first kappa shape index (κ1) is 19.7. The standard InChI is InChI=1S/C15H23BrN2S.2ClH/c16-13-10-14(19-11-13)15(12-4-2-1-3-5-12)18-8-6-17-7-9-18;;/h10-12,15,17H,1-9H2;2*1H/t15-;;/m0../s1. The number of thiophene rings is 1. The second kappa shape index (κ2) is 9.74. The maximum absolute atomic E-state index is 3.63. The van der Waals surface area contributed by atoms with E-state index in [-0.39, 0.29) is 24.8 Å². The average molecular weight is 416 g/mol. The second-order valence-corrected chi connectivity index (χ2v) is 7.65. The molecule has 0 amide bonds. The lowest BCUT2D eigenvalue weighted by atomic mass is 9.82. The largest absolute Gasteiger partial charge is 0.314 e. The van der Waals surface area contributed by atoms with Crippen molar-refractivity contribution in [3.63, 3.8) is 0 Å². The molecule has 0 radical (unpaired) electrons. The summed E-state index contributed by atoms with van der Waals surface area (Å²) in [6, 6.07) is 3.02. The summed E-state index contributed by atoms with van der Waals surface area (Å²) in [6.45, 7) is 4.71. The van der Waals surface area contributed by atoms with E-state index < -0.39 is 0 Å². The molecule has 2 heterocycles. The first-order valence-corrected chi connectivity index (χ1v) is 9.20. The van der Waals surface area contributed by atoms with Gasteiger partial charge in [-0.3, -0.25) is 4.90 Å². The van der Waals surface area contributed by atoms with Crippen molar-refractivity contribution in [3.8, 4) is 0 Å². The van der Waals surface area contributed by atoms with Crippen LogP contribution in [0.4, 0.5) is 0 Å². The van der Waals surface area contributed by atoms with Crippen molar-refractivity contribution in [2.45, 2.75) is 38.1 Å². The van der Waals surface area contributed by atoms with Crippen molar-refractivity contribution in [2.75, 3.05) is 26.2 Å². The van der Waals surface area contributed by atoms with Gasteiger partial charge in [0.05, 0.1) is 0 Å². The molecule has 2 nitrogen and oxygen atoms in total. The molecule has 1 aromatic rings. The SMILES string of the molecule is Brc1csc([C@H](C2CCCCC2)N2CCNCC2)c1.Cl.Cl. The van der Waals surface area contributed by atoms with Gasteiger partial charge in [0, 0.05) is 47.0 Å². The summed E-state index contributed by atoms with van der Waals surface area (Å²) in [5.74, 6) is 0.873. The predicted octanol–water partition coefficient (Wildman–Crippen LogP) is 4.88. The number of hydrogen-bond donors (Lipinski definition) is 1. The Bertz CT molecular complexity index is 386. The van der Waals surface area contributed by atoms with Gasteiger partial charge in [-0.15, -0.1) is 36.2 Å². The first-order chi connectivity index (χ1) is 9.34. The number of nitrogens with one attached hydrogen (secondary N) is 1. The number of halogens is 3. The van der Waals surface area contributed by atoms with Crippen LogP contribution in [0.2, 0.25) is 0 Å². The lowest BCUT2D eigenvalue weighted by Crippen LogP contribution is -2.47. The van der Waals surface area contributed by atoms with Crippen LogP contribution in [0.15, 0.2) is 15.9 Å². The van der Waals surface area contributed by atoms with Crippen molar-refractivity contribution < 1.29 is 0 Å². The molecule has 1 aliphatic heterocycles. The molecule has 1 aromatic heterocycles. The Balaban J connectivity index is 0.00000110. The molecule has 1 N–H and O–H groups in total. The molecule has 2 fully saturated rings. The minimum Gasteiger partial charge on any atom is -0.314 e. The predicted molar refractivity (Wildman–Crippen MR) is 100 cm³/mol. The third-order valence-corrected chi connectivity index (χ3v) is 6.28. The van der Waals surface area contributed by atoms with Gasteiger partial charge in [-0.2, -0.15) is 0 Å². The van der Waals surface area contributed by atoms with E-state index in [4.69, 9.17) is 0 Å². The molecule has 3 rings (SSSR count). The summed E-state index contributed by atoms with van der Waals surface area (Å²) in [4.78, 5) is 4.30. The normalized spacial score (nSPS) is 22.1. The van der Waals surface area contributed by atoms with Gasteiger partial charge in [0.25, 0.3) is 0 Å². The van der Waals surface area contributed by atoms with E-state index in [1.807, 2.05) is 11.3 Å². The monoisotopic (exact) mass is 414 g/mol. The van der Waals surface area contributed by atoms with Gasteiger partial charge in [-0.25, -0.2) is 0 Å². The van der Waals surface area contributed by atoms with Gasteiger partial charge in [0.2, 0.25) is 0 Å². The van der Waals surface area contributed by atoms with E-state index in [9.17, 15) is 0 Å². The summed E-state index contributed by atoms with van der Waals surface area (Å²) >= 11 is 5.56. The van der Waals surface area contributed by atoms with E-state index in [1.54, 1.807) is 4.88 Å². The zero-order valence-corrected chi connectivity index (χ0v) is 16.3. The van der Waals surface area contributed by atoms with Gasteiger partial charge in [-0.05, 0) is 40.8 Å². The molecular formula is C15H25BrCl2N2S. The van der Waals surface area contributed by atoms with Crippen molar-refractivity contribution in [1.29, 1.82) is 0 Å². The van der Waals surface area contributed by atoms with Gasteiger partial charge in [0.15, 0.2) is 0 Å². The van der Waals surface area contributed by atoms with Crippen LogP contribution in [0.25, 0.3) is 0 Å². The van der Waals surface area contributed by atoms with Crippen molar-refractivity contribution in [3.05, 3.63) is 20.8 Å². The quantitative estimate of drug-likeness (QED) is 0.756. The molecule has 0 spiro atoms. The number of hydrogen-bond acceptors (Lipinski definition) is 3. The van der Waals surface area contributed by atoms with Gasteiger partial charge in [0.1, 0.15) is 0 Å². The van der Waals surface area contributed by atoms with E-state index in [2.05, 4.69) is 37.6 Å². The van der Waals surface area contributed by atoms with Crippen LogP contribution in [0.3, 0.4) is 0 Å². The summed E-state index contributed by atoms with van der Waals surface area (Å²) < 4.78 is 1.25. The number of rotatable bonds is 3. The summed E-state index contributed by atoms with van der Waals surface area (Å²) in [7, 11) is 0. The molecule has 1 saturated carbocycles. The summed E-state index contributed by atoms with van der Waals surface area (Å²) in [5.41, 5.74) is 0. The van der Waals surface area contributed by atoms with Crippen LogP contribution in [-0.2, 0) is 0 Å². The lowest BCUT2D eigenvalue weighted by molar-refractivity contribution is 0.106. The van der Waals surface area contributed by atoms with Crippen LogP contribution < -0.4 is 5.32 Å². The molecular weight excluding hydrogens is 391 g/mol. The van der Waals surface area contributed by atoms with Crippen molar-refractivity contribution in [2.24, 2.45) is 5.92 Å². The molecule has 21 heavy (non-hydrogen) atoms. The van der Waals surface area contributed by atoms with Crippen molar-refractivity contribution in [1.82, 2.24) is 10.2 Å². The maximum atomic E-state index is 3.63. The maximum Gasteiger partial charge on any atom is 0.0471 e. The molecule has 1 aliphatic carbocycles. The van der Waals surface area contributed by atoms with Crippen LogP contribution in [0.1, 0.15) is 43.0 Å². The Labute approximate surface area is 153 Å². The molecule has 122 valence electrons. The minimum absolute atomic E-state index is 0.